The van der Waals surface area contributed by atoms with Gasteiger partial charge in [0.25, 0.3) is 11.5 Å². The summed E-state index contributed by atoms with van der Waals surface area (Å²) in [7, 11) is 1.49. The fourth-order valence-corrected chi connectivity index (χ4v) is 4.63. The Kier molecular flexibility index (Phi) is 8.12. The number of alkyl halides is 5. The smallest absolute Gasteiger partial charge is 0.497 e. The lowest BCUT2D eigenvalue weighted by Crippen LogP contribution is -2.38. The molecule has 2 amide bonds. The van der Waals surface area contributed by atoms with Crippen LogP contribution in [-0.2, 0) is 4.79 Å². The van der Waals surface area contributed by atoms with E-state index in [4.69, 9.17) is 4.74 Å². The van der Waals surface area contributed by atoms with Gasteiger partial charge in [0.15, 0.2) is 0 Å². The Morgan fingerprint density at radius 2 is 1.65 bits per heavy atom. The third-order valence-corrected chi connectivity index (χ3v) is 6.60. The van der Waals surface area contributed by atoms with E-state index in [1.54, 1.807) is 24.3 Å². The van der Waals surface area contributed by atoms with E-state index >= 15 is 0 Å². The molecule has 2 heterocycles. The van der Waals surface area contributed by atoms with Crippen LogP contribution in [0.1, 0.15) is 34.0 Å². The van der Waals surface area contributed by atoms with Crippen molar-refractivity contribution in [2.45, 2.75) is 25.8 Å². The summed E-state index contributed by atoms with van der Waals surface area (Å²) in [5, 5.41) is 2.61. The minimum Gasteiger partial charge on any atom is -0.497 e. The number of rotatable bonds is 8. The summed E-state index contributed by atoms with van der Waals surface area (Å²) in [4.78, 5) is 40.4. The second-order valence-corrected chi connectivity index (χ2v) is 9.05. The highest BCUT2D eigenvalue weighted by Gasteiger charge is 2.43. The van der Waals surface area contributed by atoms with Gasteiger partial charge in [-0.15, -0.1) is 13.2 Å². The van der Waals surface area contributed by atoms with Gasteiger partial charge in [0, 0.05) is 30.8 Å². The Morgan fingerprint density at radius 1 is 1.02 bits per heavy atom. The molecule has 2 atom stereocenters. The number of nitrogens with one attached hydrogen (secondary N) is 1. The van der Waals surface area contributed by atoms with E-state index in [9.17, 15) is 36.3 Å². The standard InChI is InChI=1S/C27H24F5N3O5/c1-15-11-12-34(26(28)29)25(38)22(15)35-14-21(16-3-7-18(39-2)8-4-16)20(24(35)37)13-33-23(36)17-5-9-19(10-6-17)40-27(30,31)32/h3-12,20-21,26H,13-14H2,1-2H3,(H,33,36)/t20?,21-/m0/s1. The zero-order valence-electron chi connectivity index (χ0n) is 21.2. The molecule has 212 valence electrons. The lowest BCUT2D eigenvalue weighted by atomic mass is 9.88. The molecule has 1 aliphatic heterocycles. The average Bonchev–Trinajstić information content (AvgIpc) is 3.22. The molecular weight excluding hydrogens is 541 g/mol. The monoisotopic (exact) mass is 565 g/mol. The number of hydrogen-bond donors (Lipinski definition) is 1. The largest absolute Gasteiger partial charge is 0.573 e. The van der Waals surface area contributed by atoms with Crippen LogP contribution in [0.15, 0.2) is 65.6 Å². The Bertz CT molecular complexity index is 1440. The Balaban J connectivity index is 1.61. The first-order chi connectivity index (χ1) is 18.9. The second kappa shape index (κ2) is 11.4. The number of aromatic nitrogens is 1. The number of methoxy groups -OCH3 is 1. The van der Waals surface area contributed by atoms with Gasteiger partial charge in [-0.2, -0.15) is 8.78 Å². The van der Waals surface area contributed by atoms with Gasteiger partial charge < -0.3 is 19.7 Å². The molecule has 1 unspecified atom stereocenters. The fourth-order valence-electron chi connectivity index (χ4n) is 4.63. The minimum absolute atomic E-state index is 0.0154. The summed E-state index contributed by atoms with van der Waals surface area (Å²) in [6.07, 6.45) is -3.93. The zero-order chi connectivity index (χ0) is 29.2. The molecule has 0 bridgehead atoms. The molecule has 0 aliphatic carbocycles. The highest BCUT2D eigenvalue weighted by atomic mass is 19.4. The van der Waals surface area contributed by atoms with Crippen LogP contribution < -0.4 is 25.2 Å². The number of halogens is 5. The highest BCUT2D eigenvalue weighted by Crippen LogP contribution is 2.37. The Hall–Kier alpha value is -4.42. The van der Waals surface area contributed by atoms with Crippen LogP contribution in [0.4, 0.5) is 27.6 Å². The van der Waals surface area contributed by atoms with Crippen molar-refractivity contribution in [2.75, 3.05) is 25.1 Å². The Morgan fingerprint density at radius 3 is 2.23 bits per heavy atom. The average molecular weight is 565 g/mol. The number of anilines is 1. The maximum Gasteiger partial charge on any atom is 0.573 e. The summed E-state index contributed by atoms with van der Waals surface area (Å²) in [6.45, 7) is -1.78. The van der Waals surface area contributed by atoms with Crippen LogP contribution in [0, 0.1) is 12.8 Å². The molecular formula is C27H24F5N3O5. The van der Waals surface area contributed by atoms with Crippen LogP contribution >= 0.6 is 0 Å². The molecule has 2 aromatic carbocycles. The number of pyridine rings is 1. The first-order valence-corrected chi connectivity index (χ1v) is 12.0. The van der Waals surface area contributed by atoms with Crippen molar-refractivity contribution in [3.05, 3.63) is 87.8 Å². The Labute approximate surface area is 224 Å². The number of aryl methyl sites for hydroxylation is 1. The van der Waals surface area contributed by atoms with E-state index in [1.807, 2.05) is 0 Å². The minimum atomic E-state index is -4.88. The predicted octanol–water partition coefficient (Wildman–Crippen LogP) is 4.64. The first-order valence-electron chi connectivity index (χ1n) is 12.0. The van der Waals surface area contributed by atoms with E-state index < -0.39 is 47.9 Å². The van der Waals surface area contributed by atoms with Gasteiger partial charge in [0.05, 0.1) is 13.0 Å². The van der Waals surface area contributed by atoms with Crippen LogP contribution in [0.25, 0.3) is 0 Å². The van der Waals surface area contributed by atoms with Crippen molar-refractivity contribution >= 4 is 17.5 Å². The highest BCUT2D eigenvalue weighted by molar-refractivity contribution is 6.00. The molecule has 8 nitrogen and oxygen atoms in total. The van der Waals surface area contributed by atoms with Gasteiger partial charge in [0.1, 0.15) is 17.2 Å². The van der Waals surface area contributed by atoms with Crippen molar-refractivity contribution in [1.29, 1.82) is 0 Å². The first kappa shape index (κ1) is 28.6. The van der Waals surface area contributed by atoms with E-state index in [1.165, 1.54) is 20.1 Å². The van der Waals surface area contributed by atoms with Crippen LogP contribution in [0.5, 0.6) is 11.5 Å². The molecule has 0 spiro atoms. The van der Waals surface area contributed by atoms with Crippen LogP contribution in [-0.4, -0.2) is 42.9 Å². The summed E-state index contributed by atoms with van der Waals surface area (Å²) in [5.41, 5.74) is -0.165. The van der Waals surface area contributed by atoms with Crippen molar-refractivity contribution < 1.29 is 41.0 Å². The van der Waals surface area contributed by atoms with Gasteiger partial charge in [-0.1, -0.05) is 12.1 Å². The van der Waals surface area contributed by atoms with Gasteiger partial charge in [-0.25, -0.2) is 0 Å². The second-order valence-electron chi connectivity index (χ2n) is 9.05. The third kappa shape index (κ3) is 6.08. The number of hydrogen-bond acceptors (Lipinski definition) is 5. The topological polar surface area (TPSA) is 89.9 Å². The quantitative estimate of drug-likeness (QED) is 0.403. The maximum absolute atomic E-state index is 13.6. The predicted molar refractivity (Wildman–Crippen MR) is 134 cm³/mol. The maximum atomic E-state index is 13.6. The number of carbonyl (C=O) groups excluding carboxylic acids is 2. The number of carbonyl (C=O) groups is 2. The fraction of sp³-hybridized carbons (Fsp3) is 0.296. The number of ether oxygens (including phenoxy) is 2. The van der Waals surface area contributed by atoms with Gasteiger partial charge in [0.2, 0.25) is 5.91 Å². The molecule has 1 N–H and O–H groups in total. The molecule has 1 fully saturated rings. The van der Waals surface area contributed by atoms with Crippen LogP contribution in [0.2, 0.25) is 0 Å². The molecule has 3 aromatic rings. The molecule has 1 aliphatic rings. The van der Waals surface area contributed by atoms with Gasteiger partial charge >= 0.3 is 12.9 Å². The molecule has 13 heteroatoms. The van der Waals surface area contributed by atoms with Gasteiger partial charge in [-0.3, -0.25) is 19.0 Å². The van der Waals surface area contributed by atoms with E-state index in [0.29, 0.717) is 16.9 Å². The molecule has 40 heavy (non-hydrogen) atoms. The SMILES string of the molecule is COc1ccc([C@@H]2CN(c3c(C)ccn(C(F)F)c3=O)C(=O)C2CNC(=O)c2ccc(OC(F)(F)F)cc2)cc1. The molecule has 1 saturated heterocycles. The lowest BCUT2D eigenvalue weighted by Gasteiger charge is -2.20. The summed E-state index contributed by atoms with van der Waals surface area (Å²) >= 11 is 0. The lowest BCUT2D eigenvalue weighted by molar-refractivity contribution is -0.274. The van der Waals surface area contributed by atoms with Crippen molar-refractivity contribution in [3.8, 4) is 11.5 Å². The normalized spacial score (nSPS) is 17.3. The van der Waals surface area contributed by atoms with Crippen molar-refractivity contribution in [2.24, 2.45) is 5.92 Å². The van der Waals surface area contributed by atoms with E-state index in [-0.39, 0.29) is 28.9 Å². The van der Waals surface area contributed by atoms with E-state index in [2.05, 4.69) is 10.1 Å². The summed E-state index contributed by atoms with van der Waals surface area (Å²) in [5.74, 6) is -2.58. The molecule has 0 radical (unpaired) electrons. The van der Waals surface area contributed by atoms with E-state index in [0.717, 1.165) is 35.4 Å². The van der Waals surface area contributed by atoms with Crippen molar-refractivity contribution in [3.63, 3.8) is 0 Å². The van der Waals surface area contributed by atoms with Crippen LogP contribution in [0.3, 0.4) is 0 Å². The van der Waals surface area contributed by atoms with Gasteiger partial charge in [-0.05, 0) is 60.5 Å². The molecule has 1 aromatic heterocycles. The third-order valence-electron chi connectivity index (χ3n) is 6.60. The summed E-state index contributed by atoms with van der Waals surface area (Å²) in [6, 6.07) is 12.4. The van der Waals surface area contributed by atoms with Crippen molar-refractivity contribution in [1.82, 2.24) is 9.88 Å². The molecule has 0 saturated carbocycles. The zero-order valence-corrected chi connectivity index (χ0v) is 21.2. The number of amides is 2. The number of nitrogens with zero attached hydrogens (tertiary/aromatic N) is 2. The summed E-state index contributed by atoms with van der Waals surface area (Å²) < 4.78 is 73.3. The molecule has 4 rings (SSSR count). The number of benzene rings is 2.